The van der Waals surface area contributed by atoms with Crippen molar-refractivity contribution in [3.63, 3.8) is 0 Å². The van der Waals surface area contributed by atoms with Crippen LogP contribution in [0.1, 0.15) is 22.4 Å². The first kappa shape index (κ1) is 14.9. The molecule has 0 saturated heterocycles. The summed E-state index contributed by atoms with van der Waals surface area (Å²) in [5.41, 5.74) is 4.19. The van der Waals surface area contributed by atoms with E-state index in [1.165, 1.54) is 11.1 Å². The zero-order valence-electron chi connectivity index (χ0n) is 13.1. The van der Waals surface area contributed by atoms with Gasteiger partial charge in [-0.1, -0.05) is 29.7 Å². The van der Waals surface area contributed by atoms with E-state index in [1.807, 2.05) is 18.3 Å². The maximum Gasteiger partial charge on any atom is 0.301 e. The summed E-state index contributed by atoms with van der Waals surface area (Å²) >= 11 is 0. The molecule has 0 radical (unpaired) electrons. The Kier molecular flexibility index (Phi) is 4.11. The number of carbonyl (C=O) groups excluding carboxylic acids is 1. The molecule has 1 atom stereocenters. The molecule has 2 aliphatic rings. The molecular weight excluding hydrogens is 286 g/mol. The van der Waals surface area contributed by atoms with Crippen molar-refractivity contribution in [3.8, 4) is 11.8 Å². The number of nitrogens with zero attached hydrogens (tertiary/aromatic N) is 1. The molecular formula is C19H21N3O. The van der Waals surface area contributed by atoms with E-state index in [-0.39, 0.29) is 14.8 Å². The van der Waals surface area contributed by atoms with Gasteiger partial charge in [0.1, 0.15) is 5.82 Å². The monoisotopic (exact) mass is 307 g/mol. The lowest BCUT2D eigenvalue weighted by atomic mass is 10.1. The Bertz CT molecular complexity index is 842. The molecule has 118 valence electrons. The number of aromatic nitrogens is 1. The Labute approximate surface area is 138 Å². The molecule has 1 aliphatic carbocycles. The molecule has 3 rings (SSSR count). The number of hydrogen-bond acceptors (Lipinski definition) is 3. The Morgan fingerprint density at radius 1 is 1.39 bits per heavy atom. The Hall–Kier alpha value is -3.06. The van der Waals surface area contributed by atoms with Gasteiger partial charge in [0, 0.05) is 8.43 Å². The van der Waals surface area contributed by atoms with Gasteiger partial charge in [-0.05, 0) is 55.8 Å². The maximum atomic E-state index is 11.6. The highest BCUT2D eigenvalue weighted by Crippen LogP contribution is 2.26. The third-order valence-electron chi connectivity index (χ3n) is 3.57. The average molecular weight is 307 g/mol. The molecule has 1 amide bonds. The zero-order valence-corrected chi connectivity index (χ0v) is 13.1. The molecule has 0 spiro atoms. The van der Waals surface area contributed by atoms with Gasteiger partial charge in [0.25, 0.3) is 0 Å². The van der Waals surface area contributed by atoms with E-state index in [1.54, 1.807) is 13.0 Å². The predicted octanol–water partition coefficient (Wildman–Crippen LogP) is 3.29. The minimum atomic E-state index is -0.357. The maximum absolute atomic E-state index is 11.6. The van der Waals surface area contributed by atoms with Crippen molar-refractivity contribution in [1.29, 1.82) is 0 Å². The molecule has 1 aromatic rings. The van der Waals surface area contributed by atoms with Crippen LogP contribution in [0, 0.1) is 11.8 Å². The van der Waals surface area contributed by atoms with Crippen molar-refractivity contribution in [2.24, 2.45) is 0 Å². The predicted molar refractivity (Wildman–Crippen MR) is 96.4 cm³/mol. The number of anilines is 1. The van der Waals surface area contributed by atoms with E-state index in [4.69, 9.17) is 0 Å². The molecule has 4 heteroatoms. The number of carbonyl (C=O) groups is 1. The fourth-order valence-corrected chi connectivity index (χ4v) is 2.58. The number of nitrogens with one attached hydrogen (secondary N) is 2. The van der Waals surface area contributed by atoms with Crippen molar-refractivity contribution < 1.29 is 7.65 Å². The van der Waals surface area contributed by atoms with E-state index in [0.29, 0.717) is 5.82 Å². The van der Waals surface area contributed by atoms with E-state index < -0.39 is 0 Å². The van der Waals surface area contributed by atoms with Gasteiger partial charge in [-0.25, -0.2) is 4.98 Å². The number of rotatable bonds is 2. The number of fused-ring (bicyclic) bond motifs is 1. The van der Waals surface area contributed by atoms with E-state index >= 15 is 0 Å². The summed E-state index contributed by atoms with van der Waals surface area (Å²) in [7, 11) is 0. The average Bonchev–Trinajstić information content (AvgIpc) is 2.87. The summed E-state index contributed by atoms with van der Waals surface area (Å²) in [5.74, 6) is 5.16. The lowest BCUT2D eigenvalue weighted by molar-refractivity contribution is -0.111. The second-order valence-electron chi connectivity index (χ2n) is 5.37. The number of amides is 1. The molecule has 0 bridgehead atoms. The quantitative estimate of drug-likeness (QED) is 0.824. The van der Waals surface area contributed by atoms with Crippen LogP contribution in [-0.4, -0.2) is 16.9 Å². The second kappa shape index (κ2) is 6.37. The van der Waals surface area contributed by atoms with Crippen molar-refractivity contribution in [3.05, 3.63) is 65.5 Å². The minimum Gasteiger partial charge on any atom is -0.381 e. The SMILES string of the molecule is CC#CC(=O)Nc1cccc(C2=CC(C)=CC3NC=CC3=C2)n1.[HH].[HH]. The van der Waals surface area contributed by atoms with Gasteiger partial charge >= 0.3 is 5.91 Å². The summed E-state index contributed by atoms with van der Waals surface area (Å²) in [5, 5.41) is 5.98. The standard InChI is InChI=1S/C19H17N3O.2H2/c1-3-5-19(23)22-18-7-4-6-16(21-18)15-10-13(2)11-17-14(12-15)8-9-20-17;;/h4,6-12,17,20H,1-2H3,(H,21,22,23);2*1H. The molecule has 23 heavy (non-hydrogen) atoms. The smallest absolute Gasteiger partial charge is 0.301 e. The van der Waals surface area contributed by atoms with Gasteiger partial charge in [0.15, 0.2) is 0 Å². The fraction of sp³-hybridized carbons (Fsp3) is 0.158. The van der Waals surface area contributed by atoms with Crippen LogP contribution < -0.4 is 10.6 Å². The van der Waals surface area contributed by atoms with Crippen molar-refractivity contribution in [2.45, 2.75) is 19.9 Å². The number of hydrogen-bond donors (Lipinski definition) is 2. The van der Waals surface area contributed by atoms with Crippen LogP contribution in [-0.2, 0) is 4.79 Å². The fourth-order valence-electron chi connectivity index (χ4n) is 2.58. The van der Waals surface area contributed by atoms with Gasteiger partial charge in [-0.3, -0.25) is 10.1 Å². The summed E-state index contributed by atoms with van der Waals surface area (Å²) in [6.07, 6.45) is 10.4. The van der Waals surface area contributed by atoms with Gasteiger partial charge in [-0.2, -0.15) is 0 Å². The highest BCUT2D eigenvalue weighted by atomic mass is 16.1. The summed E-state index contributed by atoms with van der Waals surface area (Å²) in [6, 6.07) is 5.78. The molecule has 0 saturated carbocycles. The Morgan fingerprint density at radius 3 is 3.09 bits per heavy atom. The molecule has 0 aromatic carbocycles. The zero-order chi connectivity index (χ0) is 16.2. The van der Waals surface area contributed by atoms with E-state index in [0.717, 1.165) is 11.3 Å². The third kappa shape index (κ3) is 3.41. The summed E-state index contributed by atoms with van der Waals surface area (Å²) in [6.45, 7) is 3.69. The number of allylic oxidation sites excluding steroid dienone is 4. The van der Waals surface area contributed by atoms with Crippen LogP contribution >= 0.6 is 0 Å². The molecule has 1 aromatic heterocycles. The summed E-state index contributed by atoms with van der Waals surface area (Å²) < 4.78 is 0. The third-order valence-corrected chi connectivity index (χ3v) is 3.57. The first-order valence-corrected chi connectivity index (χ1v) is 7.41. The van der Waals surface area contributed by atoms with Gasteiger partial charge in [0.2, 0.25) is 0 Å². The van der Waals surface area contributed by atoms with Crippen LogP contribution in [0.15, 0.2) is 59.8 Å². The molecule has 2 N–H and O–H groups in total. The van der Waals surface area contributed by atoms with Crippen LogP contribution in [0.3, 0.4) is 0 Å². The second-order valence-corrected chi connectivity index (χ2v) is 5.37. The van der Waals surface area contributed by atoms with Crippen LogP contribution in [0.4, 0.5) is 5.82 Å². The molecule has 1 unspecified atom stereocenters. The lowest BCUT2D eigenvalue weighted by Gasteiger charge is -2.07. The Morgan fingerprint density at radius 2 is 2.26 bits per heavy atom. The van der Waals surface area contributed by atoms with E-state index in [2.05, 4.69) is 58.7 Å². The van der Waals surface area contributed by atoms with Gasteiger partial charge < -0.3 is 5.32 Å². The minimum absolute atomic E-state index is 0. The highest BCUT2D eigenvalue weighted by molar-refractivity contribution is 6.03. The van der Waals surface area contributed by atoms with E-state index in [9.17, 15) is 4.79 Å². The van der Waals surface area contributed by atoms with Crippen molar-refractivity contribution in [2.75, 3.05) is 5.32 Å². The highest BCUT2D eigenvalue weighted by Gasteiger charge is 2.17. The normalized spacial score (nSPS) is 18.3. The van der Waals surface area contributed by atoms with Crippen LogP contribution in [0.5, 0.6) is 0 Å². The van der Waals surface area contributed by atoms with Crippen LogP contribution in [0.25, 0.3) is 5.57 Å². The lowest BCUT2D eigenvalue weighted by Crippen LogP contribution is -2.17. The number of pyridine rings is 1. The van der Waals surface area contributed by atoms with Crippen molar-refractivity contribution >= 4 is 17.3 Å². The van der Waals surface area contributed by atoms with Gasteiger partial charge in [0.05, 0.1) is 11.7 Å². The summed E-state index contributed by atoms with van der Waals surface area (Å²) in [4.78, 5) is 16.1. The Balaban J connectivity index is 0.00000156. The topological polar surface area (TPSA) is 54.0 Å². The van der Waals surface area contributed by atoms with Crippen molar-refractivity contribution in [1.82, 2.24) is 10.3 Å². The molecule has 1 aliphatic heterocycles. The first-order chi connectivity index (χ1) is 11.2. The largest absolute Gasteiger partial charge is 0.381 e. The first-order valence-electron chi connectivity index (χ1n) is 7.41. The van der Waals surface area contributed by atoms with Gasteiger partial charge in [-0.15, -0.1) is 0 Å². The molecule has 4 nitrogen and oxygen atoms in total. The molecule has 2 heterocycles. The molecule has 0 fully saturated rings. The van der Waals surface area contributed by atoms with Crippen LogP contribution in [0.2, 0.25) is 0 Å².